The molecule has 0 fully saturated rings. The van der Waals surface area contributed by atoms with Gasteiger partial charge in [-0.05, 0) is 18.1 Å². The molecule has 0 bridgehead atoms. The summed E-state index contributed by atoms with van der Waals surface area (Å²) in [5.74, 6) is 0.415. The van der Waals surface area contributed by atoms with Gasteiger partial charge >= 0.3 is 0 Å². The van der Waals surface area contributed by atoms with Crippen molar-refractivity contribution in [3.05, 3.63) is 27.7 Å². The second-order valence-corrected chi connectivity index (χ2v) is 6.18. The Morgan fingerprint density at radius 1 is 1.20 bits per heavy atom. The zero-order chi connectivity index (χ0) is 11.2. The monoisotopic (exact) mass is 261 g/mol. The number of hydrogen-bond donors (Lipinski definition) is 1. The highest BCUT2D eigenvalue weighted by atomic mass is 35.5. The minimum absolute atomic E-state index is 0.0116. The zero-order valence-corrected chi connectivity index (χ0v) is 11.0. The van der Waals surface area contributed by atoms with Crippen LogP contribution < -0.4 is 5.73 Å². The summed E-state index contributed by atoms with van der Waals surface area (Å²) in [5, 5.41) is 1.96. The summed E-state index contributed by atoms with van der Waals surface area (Å²) in [4.78, 5) is 1.06. The van der Waals surface area contributed by atoms with Gasteiger partial charge in [-0.3, -0.25) is 0 Å². The molecule has 3 unspecified atom stereocenters. The fourth-order valence-electron chi connectivity index (χ4n) is 1.83. The second kappa shape index (κ2) is 4.17. The van der Waals surface area contributed by atoms with Gasteiger partial charge in [0, 0.05) is 26.8 Å². The Morgan fingerprint density at radius 2 is 1.80 bits per heavy atom. The van der Waals surface area contributed by atoms with Crippen LogP contribution in [0.15, 0.2) is 17.0 Å². The summed E-state index contributed by atoms with van der Waals surface area (Å²) < 4.78 is 0. The highest BCUT2D eigenvalue weighted by Gasteiger charge is 2.32. The van der Waals surface area contributed by atoms with Crippen LogP contribution in [0.25, 0.3) is 0 Å². The summed E-state index contributed by atoms with van der Waals surface area (Å²) in [6, 6.07) is 3.65. The molecular formula is C11H13Cl2NS. The van der Waals surface area contributed by atoms with Crippen molar-refractivity contribution in [3.8, 4) is 0 Å². The maximum Gasteiger partial charge on any atom is 0.0546 e. The highest BCUT2D eigenvalue weighted by Crippen LogP contribution is 2.48. The number of thioether (sulfide) groups is 1. The van der Waals surface area contributed by atoms with Crippen molar-refractivity contribution >= 4 is 35.0 Å². The van der Waals surface area contributed by atoms with Crippen molar-refractivity contribution in [1.82, 2.24) is 0 Å². The number of nitrogens with two attached hydrogens (primary N) is 1. The van der Waals surface area contributed by atoms with Crippen molar-refractivity contribution in [2.75, 3.05) is 0 Å². The number of benzene rings is 1. The van der Waals surface area contributed by atoms with Crippen molar-refractivity contribution in [2.24, 2.45) is 11.7 Å². The van der Waals surface area contributed by atoms with Gasteiger partial charge in [-0.15, -0.1) is 11.8 Å². The van der Waals surface area contributed by atoms with Gasteiger partial charge in [0.2, 0.25) is 0 Å². The minimum Gasteiger partial charge on any atom is -0.324 e. The standard InChI is InChI=1S/C11H13Cl2NS/c1-5-6(2)15-11-8(13)4-3-7(12)9(11)10(5)14/h3-6,10H,14H2,1-2H3. The van der Waals surface area contributed by atoms with Crippen LogP contribution in [-0.2, 0) is 0 Å². The Bertz CT molecular complexity index is 394. The van der Waals surface area contributed by atoms with Crippen LogP contribution in [0, 0.1) is 5.92 Å². The SMILES string of the molecule is CC1Sc2c(Cl)ccc(Cl)c2C(N)C1C. The molecule has 15 heavy (non-hydrogen) atoms. The van der Waals surface area contributed by atoms with Gasteiger partial charge in [-0.25, -0.2) is 0 Å². The third kappa shape index (κ3) is 1.89. The second-order valence-electron chi connectivity index (χ2n) is 3.98. The normalized spacial score (nSPS) is 30.1. The molecule has 1 nitrogen and oxygen atoms in total. The van der Waals surface area contributed by atoms with Crippen molar-refractivity contribution in [2.45, 2.75) is 30.0 Å². The van der Waals surface area contributed by atoms with Gasteiger partial charge in [0.25, 0.3) is 0 Å². The average molecular weight is 262 g/mol. The molecule has 82 valence electrons. The molecule has 0 aromatic heterocycles. The summed E-state index contributed by atoms with van der Waals surface area (Å²) in [6.07, 6.45) is 0. The first-order valence-electron chi connectivity index (χ1n) is 4.92. The fraction of sp³-hybridized carbons (Fsp3) is 0.455. The Balaban J connectivity index is 2.59. The van der Waals surface area contributed by atoms with Crippen molar-refractivity contribution in [3.63, 3.8) is 0 Å². The molecule has 4 heteroatoms. The first kappa shape index (κ1) is 11.6. The lowest BCUT2D eigenvalue weighted by atomic mass is 9.92. The summed E-state index contributed by atoms with van der Waals surface area (Å²) in [6.45, 7) is 4.33. The van der Waals surface area contributed by atoms with Crippen LogP contribution in [0.1, 0.15) is 25.5 Å². The van der Waals surface area contributed by atoms with Gasteiger partial charge in [-0.2, -0.15) is 0 Å². The van der Waals surface area contributed by atoms with Gasteiger partial charge in [0.05, 0.1) is 5.02 Å². The van der Waals surface area contributed by atoms with E-state index >= 15 is 0 Å². The van der Waals surface area contributed by atoms with Gasteiger partial charge < -0.3 is 5.73 Å². The van der Waals surface area contributed by atoms with E-state index in [0.717, 1.165) is 20.5 Å². The smallest absolute Gasteiger partial charge is 0.0546 e. The summed E-state index contributed by atoms with van der Waals surface area (Å²) in [5.41, 5.74) is 7.21. The number of halogens is 2. The van der Waals surface area contributed by atoms with Crippen LogP contribution in [0.3, 0.4) is 0 Å². The highest BCUT2D eigenvalue weighted by molar-refractivity contribution is 8.00. The maximum absolute atomic E-state index is 6.19. The number of fused-ring (bicyclic) bond motifs is 1. The number of hydrogen-bond acceptors (Lipinski definition) is 2. The van der Waals surface area contributed by atoms with Crippen molar-refractivity contribution in [1.29, 1.82) is 0 Å². The fourth-order valence-corrected chi connectivity index (χ4v) is 3.77. The van der Waals surface area contributed by atoms with E-state index in [-0.39, 0.29) is 6.04 Å². The lowest BCUT2D eigenvalue weighted by molar-refractivity contribution is 0.453. The zero-order valence-electron chi connectivity index (χ0n) is 8.63. The van der Waals surface area contributed by atoms with Gasteiger partial charge in [0.15, 0.2) is 0 Å². The Labute approximate surface area is 104 Å². The van der Waals surface area contributed by atoms with E-state index < -0.39 is 0 Å². The molecule has 0 aliphatic carbocycles. The summed E-state index contributed by atoms with van der Waals surface area (Å²) in [7, 11) is 0. The molecule has 1 aromatic rings. The van der Waals surface area contributed by atoms with E-state index in [0.29, 0.717) is 11.2 Å². The molecule has 0 amide bonds. The van der Waals surface area contributed by atoms with E-state index in [1.165, 1.54) is 0 Å². The van der Waals surface area contributed by atoms with E-state index in [9.17, 15) is 0 Å². The first-order valence-corrected chi connectivity index (χ1v) is 6.56. The minimum atomic E-state index is -0.0116. The topological polar surface area (TPSA) is 26.0 Å². The molecular weight excluding hydrogens is 249 g/mol. The first-order chi connectivity index (χ1) is 7.02. The lowest BCUT2D eigenvalue weighted by Crippen LogP contribution is -2.30. The lowest BCUT2D eigenvalue weighted by Gasteiger charge is -2.34. The molecule has 2 N–H and O–H groups in total. The average Bonchev–Trinajstić information content (AvgIpc) is 2.20. The maximum atomic E-state index is 6.19. The molecule has 1 aliphatic rings. The van der Waals surface area contributed by atoms with E-state index in [1.807, 2.05) is 12.1 Å². The quantitative estimate of drug-likeness (QED) is 0.761. The van der Waals surface area contributed by atoms with Crippen molar-refractivity contribution < 1.29 is 0 Å². The predicted octanol–water partition coefficient (Wildman–Crippen LogP) is 4.12. The molecule has 1 heterocycles. The molecule has 2 rings (SSSR count). The van der Waals surface area contributed by atoms with Crippen LogP contribution in [0.5, 0.6) is 0 Å². The molecule has 1 aromatic carbocycles. The van der Waals surface area contributed by atoms with E-state index in [2.05, 4.69) is 13.8 Å². The molecule has 0 radical (unpaired) electrons. The molecule has 0 saturated heterocycles. The van der Waals surface area contributed by atoms with Gasteiger partial charge in [-0.1, -0.05) is 37.0 Å². The summed E-state index contributed by atoms with van der Waals surface area (Å²) >= 11 is 14.1. The third-order valence-corrected chi connectivity index (χ3v) is 5.27. The molecule has 3 atom stereocenters. The third-order valence-electron chi connectivity index (χ3n) is 3.04. The Hall–Kier alpha value is 0.110. The predicted molar refractivity (Wildman–Crippen MR) is 67.9 cm³/mol. The van der Waals surface area contributed by atoms with Crippen LogP contribution in [-0.4, -0.2) is 5.25 Å². The number of rotatable bonds is 0. The molecule has 1 aliphatic heterocycles. The van der Waals surface area contributed by atoms with E-state index in [1.54, 1.807) is 11.8 Å². The Kier molecular flexibility index (Phi) is 3.22. The van der Waals surface area contributed by atoms with E-state index in [4.69, 9.17) is 28.9 Å². The van der Waals surface area contributed by atoms with Gasteiger partial charge in [0.1, 0.15) is 0 Å². The largest absolute Gasteiger partial charge is 0.324 e. The van der Waals surface area contributed by atoms with Crippen LogP contribution in [0.2, 0.25) is 10.0 Å². The van der Waals surface area contributed by atoms with Crippen LogP contribution >= 0.6 is 35.0 Å². The Morgan fingerprint density at radius 3 is 2.47 bits per heavy atom. The van der Waals surface area contributed by atoms with Crippen LogP contribution in [0.4, 0.5) is 0 Å². The molecule has 0 saturated carbocycles. The molecule has 0 spiro atoms.